The number of fused-ring (bicyclic) bond motifs is 3. The Bertz CT molecular complexity index is 2760. The van der Waals surface area contributed by atoms with E-state index in [-0.39, 0.29) is 22.6 Å². The van der Waals surface area contributed by atoms with Crippen molar-refractivity contribution in [2.45, 2.75) is 122 Å². The first-order valence-electron chi connectivity index (χ1n) is 24.4. The quantitative estimate of drug-likeness (QED) is 0.100. The van der Waals surface area contributed by atoms with E-state index in [2.05, 4.69) is 142 Å². The van der Waals surface area contributed by atoms with Gasteiger partial charge in [-0.25, -0.2) is 0 Å². The minimum atomic E-state index is -1.45. The number of nitrogens with one attached hydrogen (secondary N) is 3. The van der Waals surface area contributed by atoms with Crippen molar-refractivity contribution < 1.29 is 19.6 Å². The predicted octanol–water partition coefficient (Wildman–Crippen LogP) is 13.3. The zero-order chi connectivity index (χ0) is 51.1. The van der Waals surface area contributed by atoms with E-state index in [1.165, 1.54) is 23.0 Å². The Balaban J connectivity index is 0.000000228. The number of carbonyl (C=O) groups excluding carboxylic acids is 2. The number of anilines is 3. The zero-order valence-corrected chi connectivity index (χ0v) is 43.6. The number of para-hydroxylation sites is 3. The molecule has 9 nitrogen and oxygen atoms in total. The van der Waals surface area contributed by atoms with Crippen molar-refractivity contribution in [3.63, 3.8) is 0 Å². The number of nitrogens with zero attached hydrogens (tertiary/aromatic N) is 2. The Kier molecular flexibility index (Phi) is 20.3. The zero-order valence-electron chi connectivity index (χ0n) is 43.6. The number of carbonyl (C=O) groups is 2. The maximum Gasteiger partial charge on any atom is 0.490 e. The van der Waals surface area contributed by atoms with E-state index >= 15 is 0 Å². The van der Waals surface area contributed by atoms with Crippen molar-refractivity contribution in [1.29, 1.82) is 0 Å². The molecule has 0 spiro atoms. The van der Waals surface area contributed by atoms with Crippen molar-refractivity contribution in [3.05, 3.63) is 155 Å². The van der Waals surface area contributed by atoms with E-state index in [0.29, 0.717) is 24.2 Å². The average molecular weight is 930 g/mol. The Morgan fingerprint density at radius 3 is 1.57 bits per heavy atom. The van der Waals surface area contributed by atoms with Crippen LogP contribution in [0.15, 0.2) is 122 Å². The number of aromatic nitrogens is 2. The molecule has 1 atom stereocenters. The smallest absolute Gasteiger partial charge is 0.423 e. The molecule has 1 unspecified atom stereocenters. The Hall–Kier alpha value is -6.36. The summed E-state index contributed by atoms with van der Waals surface area (Å²) in [4.78, 5) is 33.3. The average Bonchev–Trinajstić information content (AvgIpc) is 3.31. The van der Waals surface area contributed by atoms with E-state index in [0.717, 1.165) is 79.5 Å². The van der Waals surface area contributed by atoms with Crippen molar-refractivity contribution >= 4 is 63.3 Å². The van der Waals surface area contributed by atoms with Gasteiger partial charge in [0, 0.05) is 71.2 Å². The fraction of sp³-hybridized carbons (Fsp3) is 0.356. The molecule has 8 rings (SSSR count). The molecular formula is C59H76BN5O4. The van der Waals surface area contributed by atoms with Crippen LogP contribution in [0, 0.1) is 38.5 Å². The number of hydrogen-bond donors (Lipinski definition) is 5. The number of pyridine rings is 2. The molecule has 3 heterocycles. The highest BCUT2D eigenvalue weighted by atomic mass is 16.4. The highest BCUT2D eigenvalue weighted by Crippen LogP contribution is 2.34. The molecule has 0 saturated heterocycles. The van der Waals surface area contributed by atoms with Gasteiger partial charge < -0.3 is 26.0 Å². The molecule has 10 heteroatoms. The monoisotopic (exact) mass is 930 g/mol. The van der Waals surface area contributed by atoms with Gasteiger partial charge in [0.2, 0.25) is 11.8 Å². The predicted molar refractivity (Wildman–Crippen MR) is 294 cm³/mol. The molecule has 364 valence electrons. The topological polar surface area (TPSA) is 136 Å². The molecule has 1 aliphatic rings. The first-order chi connectivity index (χ1) is 32.7. The number of rotatable bonds is 7. The van der Waals surface area contributed by atoms with Gasteiger partial charge in [0.1, 0.15) is 0 Å². The van der Waals surface area contributed by atoms with Crippen LogP contribution < -0.4 is 21.4 Å². The van der Waals surface area contributed by atoms with Gasteiger partial charge in [-0.3, -0.25) is 19.6 Å². The largest absolute Gasteiger partial charge is 0.490 e. The molecule has 1 aliphatic heterocycles. The molecule has 7 aromatic rings. The van der Waals surface area contributed by atoms with E-state index in [4.69, 9.17) is 10.0 Å². The molecule has 5 N–H and O–H groups in total. The maximum atomic E-state index is 12.3. The Morgan fingerprint density at radius 2 is 1.06 bits per heavy atom. The van der Waals surface area contributed by atoms with Crippen LogP contribution in [-0.2, 0) is 16.0 Å². The van der Waals surface area contributed by atoms with Gasteiger partial charge in [0.05, 0.1) is 11.0 Å². The number of amides is 2. The van der Waals surface area contributed by atoms with Gasteiger partial charge in [0.25, 0.3) is 0 Å². The minimum Gasteiger partial charge on any atom is -0.423 e. The molecule has 0 bridgehead atoms. The van der Waals surface area contributed by atoms with Crippen LogP contribution in [-0.4, -0.2) is 45.5 Å². The second-order valence-electron chi connectivity index (χ2n) is 19.8. The second-order valence-corrected chi connectivity index (χ2v) is 19.8. The van der Waals surface area contributed by atoms with Crippen LogP contribution in [0.5, 0.6) is 0 Å². The number of benzene rings is 5. The van der Waals surface area contributed by atoms with Crippen LogP contribution in [0.25, 0.3) is 32.9 Å². The van der Waals surface area contributed by atoms with Gasteiger partial charge in [-0.2, -0.15) is 0 Å². The lowest BCUT2D eigenvalue weighted by molar-refractivity contribution is -0.118. The van der Waals surface area contributed by atoms with Crippen LogP contribution in [0.1, 0.15) is 121 Å². The molecule has 69 heavy (non-hydrogen) atoms. The molecule has 2 amide bonds. The van der Waals surface area contributed by atoms with Gasteiger partial charge in [-0.1, -0.05) is 142 Å². The van der Waals surface area contributed by atoms with E-state index in [1.54, 1.807) is 6.07 Å². The molecule has 5 aromatic carbocycles. The standard InChI is InChI=1S/C23H30N2O.C23H26N2O.C9H8BNO2.2C2H6/c2*1-15-10-18(19-12-17-8-6-7-9-20(17)24-14-19)11-16(2)22(15)25-21(26)13-23(3,4)5;12-10(13)8-5-7-3-1-2-4-9(7)11-6-8;2*1-2/h6-11,19,24H,12-14H2,1-5H3,(H,25,26);6-12,14H,13H2,1-5H3,(H,25,26);1-6,12-13H;2*1-2H3. The summed E-state index contributed by atoms with van der Waals surface area (Å²) >= 11 is 0. The highest BCUT2D eigenvalue weighted by molar-refractivity contribution is 6.58. The molecule has 0 radical (unpaired) electrons. The van der Waals surface area contributed by atoms with Crippen molar-refractivity contribution in [3.8, 4) is 11.1 Å². The van der Waals surface area contributed by atoms with Gasteiger partial charge in [-0.15, -0.1) is 0 Å². The van der Waals surface area contributed by atoms with Crippen LogP contribution in [0.4, 0.5) is 17.1 Å². The first kappa shape index (κ1) is 55.2. The summed E-state index contributed by atoms with van der Waals surface area (Å²) in [6.45, 7) is 29.7. The Labute approximate surface area is 412 Å². The number of aryl methyl sites for hydroxylation is 4. The van der Waals surface area contributed by atoms with Gasteiger partial charge in [0.15, 0.2) is 0 Å². The van der Waals surface area contributed by atoms with Crippen LogP contribution in [0.3, 0.4) is 0 Å². The summed E-state index contributed by atoms with van der Waals surface area (Å²) in [5.74, 6) is 0.607. The lowest BCUT2D eigenvalue weighted by Gasteiger charge is -2.27. The maximum absolute atomic E-state index is 12.3. The van der Waals surface area contributed by atoms with Crippen molar-refractivity contribution in [2.24, 2.45) is 10.8 Å². The summed E-state index contributed by atoms with van der Waals surface area (Å²) in [7, 11) is -1.45. The molecular weight excluding hydrogens is 853 g/mol. The second kappa shape index (κ2) is 25.3. The third-order valence-corrected chi connectivity index (χ3v) is 11.3. The minimum absolute atomic E-state index is 0.00695. The fourth-order valence-electron chi connectivity index (χ4n) is 8.22. The Morgan fingerprint density at radius 1 is 0.609 bits per heavy atom. The molecule has 0 saturated carbocycles. The van der Waals surface area contributed by atoms with E-state index < -0.39 is 7.12 Å². The summed E-state index contributed by atoms with van der Waals surface area (Å²) in [6.07, 6.45) is 5.46. The normalized spacial score (nSPS) is 12.7. The summed E-state index contributed by atoms with van der Waals surface area (Å²) in [5, 5.41) is 29.6. The lowest BCUT2D eigenvalue weighted by atomic mass is 9.81. The SMILES string of the molecule is CC.CC.Cc1cc(-c2cnc3ccccc3c2)cc(C)c1NC(=O)CC(C)(C)C.Cc1cc(C2CNc3ccccc3C2)cc(C)c1NC(=O)CC(C)(C)C.OB(O)c1cnc2ccccc2c1. The van der Waals surface area contributed by atoms with E-state index in [1.807, 2.05) is 90.2 Å². The summed E-state index contributed by atoms with van der Waals surface area (Å²) in [5.41, 5.74) is 14.7. The summed E-state index contributed by atoms with van der Waals surface area (Å²) < 4.78 is 0. The van der Waals surface area contributed by atoms with Gasteiger partial charge >= 0.3 is 7.12 Å². The van der Waals surface area contributed by atoms with Gasteiger partial charge in [-0.05, 0) is 126 Å². The lowest BCUT2D eigenvalue weighted by Crippen LogP contribution is -2.29. The number of hydrogen-bond acceptors (Lipinski definition) is 7. The summed E-state index contributed by atoms with van der Waals surface area (Å²) in [6, 6.07) is 36.8. The van der Waals surface area contributed by atoms with Crippen molar-refractivity contribution in [1.82, 2.24) is 9.97 Å². The highest BCUT2D eigenvalue weighted by Gasteiger charge is 2.23. The van der Waals surface area contributed by atoms with Crippen molar-refractivity contribution in [2.75, 3.05) is 22.5 Å². The third-order valence-electron chi connectivity index (χ3n) is 11.3. The van der Waals surface area contributed by atoms with Crippen LogP contribution in [0.2, 0.25) is 0 Å². The third kappa shape index (κ3) is 16.4. The fourth-order valence-corrected chi connectivity index (χ4v) is 8.22. The molecule has 0 aliphatic carbocycles. The van der Waals surface area contributed by atoms with E-state index in [9.17, 15) is 9.59 Å². The molecule has 2 aromatic heterocycles. The molecule has 0 fully saturated rings. The van der Waals surface area contributed by atoms with Crippen LogP contribution >= 0.6 is 0 Å². The first-order valence-corrected chi connectivity index (χ1v) is 24.4.